The smallest absolute Gasteiger partial charge is 0.340 e. The zero-order valence-corrected chi connectivity index (χ0v) is 6.11. The fourth-order valence-corrected chi connectivity index (χ4v) is 1.07. The SMILES string of the molecule is O=C1OCC(=O)c2ncccc21. The van der Waals surface area contributed by atoms with Crippen molar-refractivity contribution in [1.82, 2.24) is 4.98 Å². The van der Waals surface area contributed by atoms with E-state index in [2.05, 4.69) is 9.72 Å². The number of ether oxygens (including phenoxy) is 1. The molecule has 1 aliphatic heterocycles. The number of carbonyl (C=O) groups is 2. The minimum absolute atomic E-state index is 0.192. The Morgan fingerprint density at radius 1 is 1.42 bits per heavy atom. The van der Waals surface area contributed by atoms with Gasteiger partial charge < -0.3 is 4.74 Å². The average Bonchev–Trinajstić information content (AvgIpc) is 2.12. The summed E-state index contributed by atoms with van der Waals surface area (Å²) in [6.07, 6.45) is 1.48. The molecule has 12 heavy (non-hydrogen) atoms. The molecule has 1 aliphatic rings. The first kappa shape index (κ1) is 6.97. The van der Waals surface area contributed by atoms with Crippen LogP contribution in [-0.4, -0.2) is 23.3 Å². The predicted molar refractivity (Wildman–Crippen MR) is 38.9 cm³/mol. The molecule has 2 rings (SSSR count). The Balaban J connectivity index is 2.62. The zero-order chi connectivity index (χ0) is 8.55. The van der Waals surface area contributed by atoms with Crippen LogP contribution in [0.25, 0.3) is 0 Å². The van der Waals surface area contributed by atoms with Gasteiger partial charge in [-0.3, -0.25) is 9.78 Å². The van der Waals surface area contributed by atoms with E-state index in [0.717, 1.165) is 0 Å². The number of esters is 1. The van der Waals surface area contributed by atoms with Gasteiger partial charge in [0.15, 0.2) is 6.61 Å². The van der Waals surface area contributed by atoms with Crippen LogP contribution in [0.3, 0.4) is 0 Å². The lowest BCUT2D eigenvalue weighted by atomic mass is 10.1. The molecule has 0 atom stereocenters. The maximum Gasteiger partial charge on any atom is 0.340 e. The summed E-state index contributed by atoms with van der Waals surface area (Å²) in [6, 6.07) is 3.13. The van der Waals surface area contributed by atoms with Gasteiger partial charge in [0.1, 0.15) is 5.69 Å². The number of aromatic nitrogens is 1. The monoisotopic (exact) mass is 163 g/mol. The lowest BCUT2D eigenvalue weighted by molar-refractivity contribution is 0.0439. The molecule has 1 aromatic heterocycles. The van der Waals surface area contributed by atoms with Crippen LogP contribution in [0, 0.1) is 0 Å². The molecule has 0 saturated heterocycles. The first-order chi connectivity index (χ1) is 5.79. The third-order valence-corrected chi connectivity index (χ3v) is 1.63. The highest BCUT2D eigenvalue weighted by Crippen LogP contribution is 2.12. The highest BCUT2D eigenvalue weighted by atomic mass is 16.5. The van der Waals surface area contributed by atoms with E-state index >= 15 is 0 Å². The Hall–Kier alpha value is -1.71. The molecule has 60 valence electrons. The second-order valence-electron chi connectivity index (χ2n) is 2.40. The van der Waals surface area contributed by atoms with Crippen molar-refractivity contribution in [3.63, 3.8) is 0 Å². The second-order valence-corrected chi connectivity index (χ2v) is 2.40. The molecular weight excluding hydrogens is 158 g/mol. The molecule has 4 nitrogen and oxygen atoms in total. The van der Waals surface area contributed by atoms with E-state index in [1.54, 1.807) is 6.07 Å². The molecule has 0 fully saturated rings. The van der Waals surface area contributed by atoms with Crippen molar-refractivity contribution in [2.45, 2.75) is 0 Å². The Morgan fingerprint density at radius 3 is 3.00 bits per heavy atom. The summed E-state index contributed by atoms with van der Waals surface area (Å²) in [4.78, 5) is 25.9. The summed E-state index contributed by atoms with van der Waals surface area (Å²) in [6.45, 7) is -0.192. The third-order valence-electron chi connectivity index (χ3n) is 1.63. The number of Topliss-reactive ketones (excluding diaryl/α,β-unsaturated/α-hetero) is 1. The Bertz CT molecular complexity index is 324. The van der Waals surface area contributed by atoms with Gasteiger partial charge >= 0.3 is 5.97 Å². The molecule has 4 heteroatoms. The van der Waals surface area contributed by atoms with Crippen LogP contribution in [0.2, 0.25) is 0 Å². The van der Waals surface area contributed by atoms with Crippen molar-refractivity contribution in [2.24, 2.45) is 0 Å². The molecular formula is C8H5NO3. The topological polar surface area (TPSA) is 56.3 Å². The van der Waals surface area contributed by atoms with Crippen LogP contribution in [0.15, 0.2) is 18.3 Å². The van der Waals surface area contributed by atoms with Gasteiger partial charge in [-0.2, -0.15) is 0 Å². The van der Waals surface area contributed by atoms with Gasteiger partial charge in [0.25, 0.3) is 0 Å². The van der Waals surface area contributed by atoms with Crippen LogP contribution < -0.4 is 0 Å². The molecule has 0 bridgehead atoms. The lowest BCUT2D eigenvalue weighted by Gasteiger charge is -2.12. The van der Waals surface area contributed by atoms with Crippen molar-refractivity contribution < 1.29 is 14.3 Å². The number of rotatable bonds is 0. The average molecular weight is 163 g/mol. The summed E-state index contributed by atoms with van der Waals surface area (Å²) in [5.74, 6) is -0.720. The molecule has 1 aromatic rings. The van der Waals surface area contributed by atoms with E-state index in [4.69, 9.17) is 0 Å². The number of cyclic esters (lactones) is 1. The van der Waals surface area contributed by atoms with E-state index in [1.807, 2.05) is 0 Å². The minimum atomic E-state index is -0.474. The number of ketones is 1. The first-order valence-corrected chi connectivity index (χ1v) is 3.44. The van der Waals surface area contributed by atoms with E-state index in [9.17, 15) is 9.59 Å². The largest absolute Gasteiger partial charge is 0.454 e. The fourth-order valence-electron chi connectivity index (χ4n) is 1.07. The number of fused-ring (bicyclic) bond motifs is 1. The van der Waals surface area contributed by atoms with Crippen molar-refractivity contribution in [1.29, 1.82) is 0 Å². The molecule has 0 unspecified atom stereocenters. The summed E-state index contributed by atoms with van der Waals surface area (Å²) in [5.41, 5.74) is 0.475. The van der Waals surface area contributed by atoms with Crippen LogP contribution >= 0.6 is 0 Å². The molecule has 0 aliphatic carbocycles. The maximum absolute atomic E-state index is 11.1. The summed E-state index contributed by atoms with van der Waals surface area (Å²) in [5, 5.41) is 0. The summed E-state index contributed by atoms with van der Waals surface area (Å²) in [7, 11) is 0. The fraction of sp³-hybridized carbons (Fsp3) is 0.125. The predicted octanol–water partition coefficient (Wildman–Crippen LogP) is 0.435. The van der Waals surface area contributed by atoms with Gasteiger partial charge in [-0.15, -0.1) is 0 Å². The van der Waals surface area contributed by atoms with Crippen molar-refractivity contribution in [2.75, 3.05) is 6.61 Å². The number of nitrogens with zero attached hydrogens (tertiary/aromatic N) is 1. The van der Waals surface area contributed by atoms with Crippen molar-refractivity contribution >= 4 is 11.8 Å². The number of pyridine rings is 1. The third kappa shape index (κ3) is 0.887. The van der Waals surface area contributed by atoms with Gasteiger partial charge in [0, 0.05) is 6.20 Å². The molecule has 0 radical (unpaired) electrons. The zero-order valence-electron chi connectivity index (χ0n) is 6.11. The quantitative estimate of drug-likeness (QED) is 0.520. The van der Waals surface area contributed by atoms with Gasteiger partial charge in [0.2, 0.25) is 5.78 Å². The highest BCUT2D eigenvalue weighted by Gasteiger charge is 2.25. The molecule has 0 amide bonds. The van der Waals surface area contributed by atoms with Gasteiger partial charge in [-0.05, 0) is 12.1 Å². The van der Waals surface area contributed by atoms with Crippen LogP contribution in [0.1, 0.15) is 20.8 Å². The molecule has 0 spiro atoms. The van der Waals surface area contributed by atoms with Crippen LogP contribution in [0.4, 0.5) is 0 Å². The van der Waals surface area contributed by atoms with Gasteiger partial charge in [0.05, 0.1) is 5.56 Å². The maximum atomic E-state index is 11.1. The molecule has 0 N–H and O–H groups in total. The highest BCUT2D eigenvalue weighted by molar-refractivity contribution is 6.09. The van der Waals surface area contributed by atoms with Gasteiger partial charge in [-0.1, -0.05) is 0 Å². The van der Waals surface area contributed by atoms with E-state index in [-0.39, 0.29) is 23.6 Å². The molecule has 2 heterocycles. The Kier molecular flexibility index (Phi) is 1.40. The van der Waals surface area contributed by atoms with Gasteiger partial charge in [-0.25, -0.2) is 4.79 Å². The minimum Gasteiger partial charge on any atom is -0.454 e. The van der Waals surface area contributed by atoms with E-state index in [1.165, 1.54) is 12.3 Å². The van der Waals surface area contributed by atoms with E-state index in [0.29, 0.717) is 0 Å². The van der Waals surface area contributed by atoms with Crippen LogP contribution in [-0.2, 0) is 4.74 Å². The standard InChI is InChI=1S/C8H5NO3/c10-6-4-12-8(11)5-2-1-3-9-7(5)6/h1-3H,4H2. The van der Waals surface area contributed by atoms with Crippen molar-refractivity contribution in [3.05, 3.63) is 29.6 Å². The van der Waals surface area contributed by atoms with E-state index < -0.39 is 5.97 Å². The first-order valence-electron chi connectivity index (χ1n) is 3.44. The Labute approximate surface area is 68.2 Å². The second kappa shape index (κ2) is 2.41. The number of carbonyl (C=O) groups excluding carboxylic acids is 2. The molecule has 0 saturated carbocycles. The normalized spacial score (nSPS) is 15.3. The number of hydrogen-bond acceptors (Lipinski definition) is 4. The van der Waals surface area contributed by atoms with Crippen LogP contribution in [0.5, 0.6) is 0 Å². The summed E-state index contributed by atoms with van der Waals surface area (Å²) >= 11 is 0. The van der Waals surface area contributed by atoms with Crippen molar-refractivity contribution in [3.8, 4) is 0 Å². The molecule has 0 aromatic carbocycles. The summed E-state index contributed by atoms with van der Waals surface area (Å²) < 4.78 is 4.59. The lowest BCUT2D eigenvalue weighted by Crippen LogP contribution is -2.24. The Morgan fingerprint density at radius 2 is 2.25 bits per heavy atom. The number of hydrogen-bond donors (Lipinski definition) is 0.